The Bertz CT molecular complexity index is 53.7. The van der Waals surface area contributed by atoms with Crippen molar-refractivity contribution < 1.29 is 0 Å². The number of hydrogen-bond donors (Lipinski definition) is 1. The third-order valence-electron chi connectivity index (χ3n) is 1.79. The fourth-order valence-corrected chi connectivity index (χ4v) is 1.05. The minimum Gasteiger partial charge on any atom is -0.330 e. The summed E-state index contributed by atoms with van der Waals surface area (Å²) in [6, 6.07) is 0. The molecule has 0 amide bonds. The Morgan fingerprint density at radius 2 is 2.20 bits per heavy atom. The maximum Gasteiger partial charge on any atom is -0.00456 e. The molecule has 0 aromatic heterocycles. The van der Waals surface area contributed by atoms with Crippen molar-refractivity contribution in [1.82, 2.24) is 0 Å². The molecule has 2 N–H and O–H groups in total. The zero-order chi connectivity index (χ0) is 7.82. The monoisotopic (exact) mass is 142 g/mol. The van der Waals surface area contributed by atoms with Gasteiger partial charge in [-0.3, -0.25) is 0 Å². The van der Waals surface area contributed by atoms with Gasteiger partial charge in [0, 0.05) is 0 Å². The van der Waals surface area contributed by atoms with Gasteiger partial charge in [-0.05, 0) is 25.3 Å². The Kier molecular flexibility index (Phi) is 7.04. The van der Waals surface area contributed by atoms with Crippen LogP contribution >= 0.6 is 0 Å². The summed E-state index contributed by atoms with van der Waals surface area (Å²) < 4.78 is 0. The van der Waals surface area contributed by atoms with Crippen molar-refractivity contribution in [1.29, 1.82) is 0 Å². The molecule has 1 radical (unpaired) electrons. The van der Waals surface area contributed by atoms with E-state index in [1.807, 2.05) is 0 Å². The first-order valence-electron chi connectivity index (χ1n) is 4.33. The van der Waals surface area contributed by atoms with Gasteiger partial charge in [0.15, 0.2) is 0 Å². The molecule has 0 aliphatic rings. The lowest BCUT2D eigenvalue weighted by Gasteiger charge is -2.08. The van der Waals surface area contributed by atoms with Crippen molar-refractivity contribution in [3.8, 4) is 0 Å². The van der Waals surface area contributed by atoms with Gasteiger partial charge in [-0.2, -0.15) is 0 Å². The van der Waals surface area contributed by atoms with Gasteiger partial charge in [0.2, 0.25) is 0 Å². The minimum atomic E-state index is 0.733. The second-order valence-electron chi connectivity index (χ2n) is 3.01. The Labute approximate surface area is 65.0 Å². The number of rotatable bonds is 6. The molecule has 0 aliphatic heterocycles. The summed E-state index contributed by atoms with van der Waals surface area (Å²) in [5.74, 6) is 0.837. The second-order valence-corrected chi connectivity index (χ2v) is 3.01. The zero-order valence-electron chi connectivity index (χ0n) is 7.27. The molecular formula is C9H20N. The zero-order valence-corrected chi connectivity index (χ0v) is 7.27. The third kappa shape index (κ3) is 6.09. The molecule has 1 heteroatoms. The van der Waals surface area contributed by atoms with Crippen LogP contribution in [0, 0.1) is 12.3 Å². The van der Waals surface area contributed by atoms with Crippen LogP contribution in [0.3, 0.4) is 0 Å². The molecular weight excluding hydrogens is 122 g/mol. The van der Waals surface area contributed by atoms with Crippen molar-refractivity contribution in [3.05, 3.63) is 6.42 Å². The van der Waals surface area contributed by atoms with Crippen molar-refractivity contribution in [2.75, 3.05) is 6.54 Å². The van der Waals surface area contributed by atoms with Gasteiger partial charge < -0.3 is 5.73 Å². The lowest BCUT2D eigenvalue weighted by atomic mass is 9.99. The van der Waals surface area contributed by atoms with Gasteiger partial charge in [0.25, 0.3) is 0 Å². The molecule has 0 heterocycles. The topological polar surface area (TPSA) is 26.0 Å². The van der Waals surface area contributed by atoms with E-state index in [2.05, 4.69) is 20.3 Å². The maximum atomic E-state index is 5.35. The van der Waals surface area contributed by atoms with Crippen LogP contribution in [0.15, 0.2) is 0 Å². The van der Waals surface area contributed by atoms with E-state index < -0.39 is 0 Å². The van der Waals surface area contributed by atoms with E-state index in [4.69, 9.17) is 5.73 Å². The normalized spacial score (nSPS) is 13.5. The highest BCUT2D eigenvalue weighted by Gasteiger charge is 1.99. The molecule has 0 saturated heterocycles. The van der Waals surface area contributed by atoms with Crippen LogP contribution in [0.1, 0.15) is 39.5 Å². The molecule has 0 fully saturated rings. The fourth-order valence-electron chi connectivity index (χ4n) is 1.05. The summed E-state index contributed by atoms with van der Waals surface area (Å²) in [5, 5.41) is 0. The third-order valence-corrected chi connectivity index (χ3v) is 1.79. The predicted octanol–water partition coefficient (Wildman–Crippen LogP) is 2.37. The summed E-state index contributed by atoms with van der Waals surface area (Å²) in [4.78, 5) is 0. The first-order chi connectivity index (χ1) is 4.81. The van der Waals surface area contributed by atoms with Gasteiger partial charge >= 0.3 is 0 Å². The highest BCUT2D eigenvalue weighted by atomic mass is 14.5. The van der Waals surface area contributed by atoms with Gasteiger partial charge in [-0.15, -0.1) is 0 Å². The Morgan fingerprint density at radius 3 is 2.70 bits per heavy atom. The molecule has 0 aromatic rings. The Morgan fingerprint density at radius 1 is 1.50 bits per heavy atom. The predicted molar refractivity (Wildman–Crippen MR) is 46.7 cm³/mol. The number of unbranched alkanes of at least 4 members (excludes halogenated alkanes) is 1. The van der Waals surface area contributed by atoms with Crippen molar-refractivity contribution in [2.24, 2.45) is 11.7 Å². The molecule has 1 atom stereocenters. The molecule has 61 valence electrons. The first-order valence-corrected chi connectivity index (χ1v) is 4.33. The van der Waals surface area contributed by atoms with Crippen LogP contribution in [0.25, 0.3) is 0 Å². The van der Waals surface area contributed by atoms with Crippen molar-refractivity contribution in [2.45, 2.75) is 39.5 Å². The molecule has 0 spiro atoms. The van der Waals surface area contributed by atoms with E-state index >= 15 is 0 Å². The standard InChI is InChI=1S/C9H20N/c1-3-4-6-9(2)7-5-8-10/h5,9H,3-4,6-8,10H2,1-2H3. The molecule has 0 bridgehead atoms. The lowest BCUT2D eigenvalue weighted by molar-refractivity contribution is 0.497. The first kappa shape index (κ1) is 9.96. The lowest BCUT2D eigenvalue weighted by Crippen LogP contribution is -2.03. The number of nitrogens with two attached hydrogens (primary N) is 1. The van der Waals surface area contributed by atoms with Gasteiger partial charge in [-0.1, -0.05) is 33.1 Å². The van der Waals surface area contributed by atoms with Crippen LogP contribution < -0.4 is 5.73 Å². The summed E-state index contributed by atoms with van der Waals surface area (Å²) in [5.41, 5.74) is 5.35. The highest BCUT2D eigenvalue weighted by molar-refractivity contribution is 4.68. The smallest absolute Gasteiger partial charge is 0.00456 e. The van der Waals surface area contributed by atoms with Crippen LogP contribution in [0.4, 0.5) is 0 Å². The molecule has 1 nitrogen and oxygen atoms in total. The molecule has 10 heavy (non-hydrogen) atoms. The SMILES string of the molecule is CCCCC(C)C[CH]CN. The summed E-state index contributed by atoms with van der Waals surface area (Å²) >= 11 is 0. The van der Waals surface area contributed by atoms with Crippen LogP contribution in [0.5, 0.6) is 0 Å². The molecule has 0 aliphatic carbocycles. The van der Waals surface area contributed by atoms with E-state index in [1.54, 1.807) is 0 Å². The molecule has 0 aromatic carbocycles. The summed E-state index contributed by atoms with van der Waals surface area (Å²) in [7, 11) is 0. The number of hydrogen-bond acceptors (Lipinski definition) is 1. The molecule has 0 saturated carbocycles. The van der Waals surface area contributed by atoms with E-state index in [9.17, 15) is 0 Å². The quantitative estimate of drug-likeness (QED) is 0.605. The van der Waals surface area contributed by atoms with Crippen LogP contribution in [-0.2, 0) is 0 Å². The largest absolute Gasteiger partial charge is 0.330 e. The molecule has 1 unspecified atom stereocenters. The van der Waals surface area contributed by atoms with Crippen LogP contribution in [0.2, 0.25) is 0 Å². The van der Waals surface area contributed by atoms with Gasteiger partial charge in [0.1, 0.15) is 0 Å². The Balaban J connectivity index is 3.00. The Hall–Kier alpha value is -0.0400. The fraction of sp³-hybridized carbons (Fsp3) is 0.889. The highest BCUT2D eigenvalue weighted by Crippen LogP contribution is 2.12. The van der Waals surface area contributed by atoms with Crippen molar-refractivity contribution in [3.63, 3.8) is 0 Å². The molecule has 0 rings (SSSR count). The summed E-state index contributed by atoms with van der Waals surface area (Å²) in [6.07, 6.45) is 7.39. The van der Waals surface area contributed by atoms with Gasteiger partial charge in [0.05, 0.1) is 0 Å². The average Bonchev–Trinajstić information content (AvgIpc) is 1.97. The van der Waals surface area contributed by atoms with E-state index in [0.29, 0.717) is 0 Å². The van der Waals surface area contributed by atoms with Crippen LogP contribution in [-0.4, -0.2) is 6.54 Å². The average molecular weight is 142 g/mol. The van der Waals surface area contributed by atoms with E-state index in [1.165, 1.54) is 25.7 Å². The van der Waals surface area contributed by atoms with E-state index in [0.717, 1.165) is 12.5 Å². The second kappa shape index (κ2) is 7.07. The minimum absolute atomic E-state index is 0.733. The summed E-state index contributed by atoms with van der Waals surface area (Å²) in [6.45, 7) is 5.26. The van der Waals surface area contributed by atoms with Crippen molar-refractivity contribution >= 4 is 0 Å². The maximum absolute atomic E-state index is 5.35. The van der Waals surface area contributed by atoms with Gasteiger partial charge in [-0.25, -0.2) is 0 Å². The van der Waals surface area contributed by atoms with E-state index in [-0.39, 0.29) is 0 Å².